The van der Waals surface area contributed by atoms with Gasteiger partial charge in [-0.25, -0.2) is 9.18 Å². The SMILES string of the molecule is Nc1cc(F)c(Oc2cncc(Br)c2)cc1C(=O)O. The van der Waals surface area contributed by atoms with Gasteiger partial charge in [0.15, 0.2) is 11.6 Å². The third kappa shape index (κ3) is 3.00. The smallest absolute Gasteiger partial charge is 0.337 e. The molecule has 0 aliphatic carbocycles. The molecule has 0 radical (unpaired) electrons. The Labute approximate surface area is 116 Å². The van der Waals surface area contributed by atoms with Gasteiger partial charge in [0, 0.05) is 28.5 Å². The number of hydrogen-bond acceptors (Lipinski definition) is 4. The van der Waals surface area contributed by atoms with E-state index in [0.29, 0.717) is 4.47 Å². The van der Waals surface area contributed by atoms with Crippen molar-refractivity contribution in [1.82, 2.24) is 4.98 Å². The first-order chi connectivity index (χ1) is 8.97. The lowest BCUT2D eigenvalue weighted by Gasteiger charge is -2.09. The van der Waals surface area contributed by atoms with Gasteiger partial charge in [-0.1, -0.05) is 0 Å². The number of anilines is 1. The van der Waals surface area contributed by atoms with Gasteiger partial charge < -0.3 is 15.6 Å². The van der Waals surface area contributed by atoms with Crippen LogP contribution in [0.1, 0.15) is 10.4 Å². The molecule has 0 saturated carbocycles. The molecule has 7 heteroatoms. The first-order valence-corrected chi connectivity index (χ1v) is 5.87. The molecule has 1 aromatic carbocycles. The summed E-state index contributed by atoms with van der Waals surface area (Å²) in [5.74, 6) is -1.96. The molecular weight excluding hydrogens is 319 g/mol. The van der Waals surface area contributed by atoms with Crippen LogP contribution in [0.25, 0.3) is 0 Å². The van der Waals surface area contributed by atoms with Gasteiger partial charge in [0.25, 0.3) is 0 Å². The summed E-state index contributed by atoms with van der Waals surface area (Å²) in [7, 11) is 0. The zero-order valence-corrected chi connectivity index (χ0v) is 11.0. The van der Waals surface area contributed by atoms with Crippen LogP contribution in [0.3, 0.4) is 0 Å². The minimum atomic E-state index is -1.25. The van der Waals surface area contributed by atoms with Gasteiger partial charge in [0.05, 0.1) is 11.8 Å². The number of carboxylic acid groups (broad SMARTS) is 1. The molecule has 2 rings (SSSR count). The second kappa shape index (κ2) is 5.23. The molecule has 1 heterocycles. The monoisotopic (exact) mass is 326 g/mol. The number of ether oxygens (including phenoxy) is 1. The fourth-order valence-electron chi connectivity index (χ4n) is 1.41. The molecule has 0 aliphatic heterocycles. The Bertz CT molecular complexity index is 649. The number of nitrogen functional groups attached to an aromatic ring is 1. The molecule has 0 bridgehead atoms. The summed E-state index contributed by atoms with van der Waals surface area (Å²) in [4.78, 5) is 14.8. The van der Waals surface area contributed by atoms with Gasteiger partial charge in [0.1, 0.15) is 5.75 Å². The lowest BCUT2D eigenvalue weighted by molar-refractivity contribution is 0.0697. The molecule has 2 aromatic rings. The van der Waals surface area contributed by atoms with Crippen molar-refractivity contribution in [3.8, 4) is 11.5 Å². The normalized spacial score (nSPS) is 10.2. The zero-order chi connectivity index (χ0) is 14.0. The highest BCUT2D eigenvalue weighted by Crippen LogP contribution is 2.29. The number of nitrogens with zero attached hydrogens (tertiary/aromatic N) is 1. The van der Waals surface area contributed by atoms with Crippen LogP contribution in [-0.2, 0) is 0 Å². The summed E-state index contributed by atoms with van der Waals surface area (Å²) in [6, 6.07) is 3.52. The maximum absolute atomic E-state index is 13.7. The molecule has 0 amide bonds. The topological polar surface area (TPSA) is 85.4 Å². The van der Waals surface area contributed by atoms with E-state index in [2.05, 4.69) is 20.9 Å². The standard InChI is InChI=1S/C12H8BrFN2O3/c13-6-1-7(5-16-4-6)19-11-2-8(12(17)18)10(15)3-9(11)14/h1-5H,15H2,(H,17,18). The minimum absolute atomic E-state index is 0.162. The van der Waals surface area contributed by atoms with Crippen LogP contribution >= 0.6 is 15.9 Å². The Kier molecular flexibility index (Phi) is 3.66. The maximum atomic E-state index is 13.7. The fraction of sp³-hybridized carbons (Fsp3) is 0. The third-order valence-electron chi connectivity index (χ3n) is 2.24. The van der Waals surface area contributed by atoms with Crippen LogP contribution in [0, 0.1) is 5.82 Å². The molecule has 98 valence electrons. The van der Waals surface area contributed by atoms with Crippen molar-refractivity contribution in [1.29, 1.82) is 0 Å². The molecule has 0 fully saturated rings. The summed E-state index contributed by atoms with van der Waals surface area (Å²) < 4.78 is 19.6. The highest BCUT2D eigenvalue weighted by molar-refractivity contribution is 9.10. The largest absolute Gasteiger partial charge is 0.478 e. The molecule has 1 aromatic heterocycles. The van der Waals surface area contributed by atoms with Crippen molar-refractivity contribution in [2.45, 2.75) is 0 Å². The van der Waals surface area contributed by atoms with Crippen molar-refractivity contribution >= 4 is 27.6 Å². The maximum Gasteiger partial charge on any atom is 0.337 e. The average Bonchev–Trinajstić information content (AvgIpc) is 2.32. The summed E-state index contributed by atoms with van der Waals surface area (Å²) >= 11 is 3.19. The number of rotatable bonds is 3. The van der Waals surface area contributed by atoms with Crippen LogP contribution in [0.2, 0.25) is 0 Å². The Morgan fingerprint density at radius 3 is 2.74 bits per heavy atom. The van der Waals surface area contributed by atoms with E-state index in [1.54, 1.807) is 6.07 Å². The van der Waals surface area contributed by atoms with Gasteiger partial charge in [-0.3, -0.25) is 4.98 Å². The molecule has 0 spiro atoms. The molecule has 0 saturated heterocycles. The van der Waals surface area contributed by atoms with Crippen LogP contribution in [0.15, 0.2) is 35.1 Å². The molecule has 3 N–H and O–H groups in total. The molecule has 0 unspecified atom stereocenters. The van der Waals surface area contributed by atoms with Crippen molar-refractivity contribution < 1.29 is 19.0 Å². The first-order valence-electron chi connectivity index (χ1n) is 5.08. The van der Waals surface area contributed by atoms with E-state index in [1.807, 2.05) is 0 Å². The van der Waals surface area contributed by atoms with Crippen molar-refractivity contribution in [3.05, 3.63) is 46.4 Å². The van der Waals surface area contributed by atoms with E-state index in [0.717, 1.165) is 12.1 Å². The van der Waals surface area contributed by atoms with E-state index >= 15 is 0 Å². The number of carboxylic acids is 1. The molecule has 0 atom stereocenters. The van der Waals surface area contributed by atoms with Crippen molar-refractivity contribution in [2.75, 3.05) is 5.73 Å². The van der Waals surface area contributed by atoms with E-state index in [9.17, 15) is 9.18 Å². The van der Waals surface area contributed by atoms with Gasteiger partial charge >= 0.3 is 5.97 Å². The Morgan fingerprint density at radius 2 is 2.11 bits per heavy atom. The molecule has 19 heavy (non-hydrogen) atoms. The minimum Gasteiger partial charge on any atom is -0.478 e. The summed E-state index contributed by atoms with van der Waals surface area (Å²) in [5.41, 5.74) is 5.03. The number of pyridine rings is 1. The molecule has 0 aliphatic rings. The lowest BCUT2D eigenvalue weighted by atomic mass is 10.1. The van der Waals surface area contributed by atoms with Gasteiger partial charge in [-0.15, -0.1) is 0 Å². The quantitative estimate of drug-likeness (QED) is 0.846. The van der Waals surface area contributed by atoms with Crippen molar-refractivity contribution in [2.24, 2.45) is 0 Å². The highest BCUT2D eigenvalue weighted by Gasteiger charge is 2.15. The van der Waals surface area contributed by atoms with E-state index in [4.69, 9.17) is 15.6 Å². The average molecular weight is 327 g/mol. The fourth-order valence-corrected chi connectivity index (χ4v) is 1.75. The van der Waals surface area contributed by atoms with Crippen LogP contribution < -0.4 is 10.5 Å². The van der Waals surface area contributed by atoms with Crippen molar-refractivity contribution in [3.63, 3.8) is 0 Å². The van der Waals surface area contributed by atoms with Crippen LogP contribution in [0.4, 0.5) is 10.1 Å². The Hall–Kier alpha value is -2.15. The predicted octanol–water partition coefficient (Wildman–Crippen LogP) is 3.06. The number of nitrogens with two attached hydrogens (primary N) is 1. The Balaban J connectivity index is 2.40. The number of halogens is 2. The summed E-state index contributed by atoms with van der Waals surface area (Å²) in [5, 5.41) is 8.91. The van der Waals surface area contributed by atoms with Gasteiger partial charge in [-0.2, -0.15) is 0 Å². The summed E-state index contributed by atoms with van der Waals surface area (Å²) in [6.45, 7) is 0. The Morgan fingerprint density at radius 1 is 1.37 bits per heavy atom. The van der Waals surface area contributed by atoms with Crippen LogP contribution in [0.5, 0.6) is 11.5 Å². The highest BCUT2D eigenvalue weighted by atomic mass is 79.9. The van der Waals surface area contributed by atoms with E-state index < -0.39 is 11.8 Å². The number of benzene rings is 1. The zero-order valence-electron chi connectivity index (χ0n) is 9.43. The second-order valence-electron chi connectivity index (χ2n) is 3.62. The molecule has 5 nitrogen and oxygen atoms in total. The molecular formula is C12H8BrFN2O3. The lowest BCUT2D eigenvalue weighted by Crippen LogP contribution is -2.04. The first kappa shape index (κ1) is 13.3. The number of aromatic carboxylic acids is 1. The van der Waals surface area contributed by atoms with Gasteiger partial charge in [0.2, 0.25) is 0 Å². The summed E-state index contributed by atoms with van der Waals surface area (Å²) in [6.07, 6.45) is 2.91. The van der Waals surface area contributed by atoms with Gasteiger partial charge in [-0.05, 0) is 22.0 Å². The predicted molar refractivity (Wildman–Crippen MR) is 69.8 cm³/mol. The number of hydrogen-bond donors (Lipinski definition) is 2. The van der Waals surface area contributed by atoms with Crippen LogP contribution in [-0.4, -0.2) is 16.1 Å². The second-order valence-corrected chi connectivity index (χ2v) is 4.53. The third-order valence-corrected chi connectivity index (χ3v) is 2.68. The number of aromatic nitrogens is 1. The van der Waals surface area contributed by atoms with E-state index in [-0.39, 0.29) is 22.7 Å². The van der Waals surface area contributed by atoms with E-state index in [1.165, 1.54) is 12.4 Å². The number of carbonyl (C=O) groups is 1.